The van der Waals surface area contributed by atoms with Crippen molar-refractivity contribution in [3.05, 3.63) is 48.0 Å². The predicted molar refractivity (Wildman–Crippen MR) is 76.7 cm³/mol. The number of nitrogens with one attached hydrogen (secondary N) is 1. The first-order chi connectivity index (χ1) is 8.78. The van der Waals surface area contributed by atoms with Crippen molar-refractivity contribution in [1.29, 1.82) is 0 Å². The fraction of sp³-hybridized carbons (Fsp3) is 0.0714. The molecular weight excluding hydrogens is 242 g/mol. The van der Waals surface area contributed by atoms with E-state index in [-0.39, 0.29) is 0 Å². The molecule has 0 atom stereocenters. The van der Waals surface area contributed by atoms with Crippen LogP contribution in [0.15, 0.2) is 57.4 Å². The summed E-state index contributed by atoms with van der Waals surface area (Å²) < 4.78 is 0. The summed E-state index contributed by atoms with van der Waals surface area (Å²) in [6.45, 7) is 1.91. The quantitative estimate of drug-likeness (QED) is 0.397. The van der Waals surface area contributed by atoms with E-state index in [1.54, 1.807) is 11.8 Å². The Morgan fingerprint density at radius 3 is 2.72 bits per heavy atom. The van der Waals surface area contributed by atoms with Gasteiger partial charge in [0.1, 0.15) is 0 Å². The van der Waals surface area contributed by atoms with Gasteiger partial charge in [0.25, 0.3) is 0 Å². The second kappa shape index (κ2) is 4.38. The first kappa shape index (κ1) is 11.2. The third kappa shape index (κ3) is 1.84. The molecule has 18 heavy (non-hydrogen) atoms. The standard InChI is InChI=1S/C14H13N3S/c1-9(17-15)10-6-7-14-12(8-10)16-11-4-2-3-5-13(11)18-14/h2-8,16H,15H2,1H3. The van der Waals surface area contributed by atoms with Gasteiger partial charge in [-0.3, -0.25) is 0 Å². The van der Waals surface area contributed by atoms with Gasteiger partial charge in [-0.1, -0.05) is 30.0 Å². The Balaban J connectivity index is 2.03. The van der Waals surface area contributed by atoms with Crippen LogP contribution in [0, 0.1) is 0 Å². The van der Waals surface area contributed by atoms with Crippen molar-refractivity contribution in [2.45, 2.75) is 16.7 Å². The molecule has 90 valence electrons. The van der Waals surface area contributed by atoms with Gasteiger partial charge in [-0.15, -0.1) is 0 Å². The summed E-state index contributed by atoms with van der Waals surface area (Å²) >= 11 is 1.78. The highest BCUT2D eigenvalue weighted by molar-refractivity contribution is 7.99. The highest BCUT2D eigenvalue weighted by Gasteiger charge is 2.15. The number of benzene rings is 2. The molecule has 0 unspecified atom stereocenters. The number of para-hydroxylation sites is 1. The molecule has 1 aliphatic heterocycles. The van der Waals surface area contributed by atoms with Crippen LogP contribution in [-0.4, -0.2) is 5.71 Å². The average molecular weight is 255 g/mol. The molecule has 0 saturated heterocycles. The van der Waals surface area contributed by atoms with Crippen LogP contribution in [0.2, 0.25) is 0 Å². The second-order valence-electron chi connectivity index (χ2n) is 4.15. The van der Waals surface area contributed by atoms with Gasteiger partial charge < -0.3 is 11.2 Å². The molecular formula is C14H13N3S. The predicted octanol–water partition coefficient (Wildman–Crippen LogP) is 3.58. The van der Waals surface area contributed by atoms with Crippen LogP contribution in [0.5, 0.6) is 0 Å². The minimum atomic E-state index is 0.837. The Bertz CT molecular complexity index is 635. The highest BCUT2D eigenvalue weighted by Crippen LogP contribution is 2.44. The van der Waals surface area contributed by atoms with E-state index in [4.69, 9.17) is 5.84 Å². The number of hydrazone groups is 1. The van der Waals surface area contributed by atoms with Crippen molar-refractivity contribution in [3.8, 4) is 0 Å². The maximum atomic E-state index is 5.32. The summed E-state index contributed by atoms with van der Waals surface area (Å²) in [5.74, 6) is 5.32. The smallest absolute Gasteiger partial charge is 0.0642 e. The molecule has 0 spiro atoms. The zero-order valence-electron chi connectivity index (χ0n) is 9.97. The van der Waals surface area contributed by atoms with Gasteiger partial charge in [-0.2, -0.15) is 5.10 Å². The summed E-state index contributed by atoms with van der Waals surface area (Å²) in [5.41, 5.74) is 4.14. The van der Waals surface area contributed by atoms with E-state index in [0.29, 0.717) is 0 Å². The van der Waals surface area contributed by atoms with Gasteiger partial charge in [0.05, 0.1) is 17.1 Å². The van der Waals surface area contributed by atoms with Gasteiger partial charge in [0, 0.05) is 9.79 Å². The summed E-state index contributed by atoms with van der Waals surface area (Å²) in [7, 11) is 0. The molecule has 0 aliphatic carbocycles. The number of fused-ring (bicyclic) bond motifs is 2. The fourth-order valence-electron chi connectivity index (χ4n) is 1.94. The lowest BCUT2D eigenvalue weighted by atomic mass is 10.1. The average Bonchev–Trinajstić information content (AvgIpc) is 2.43. The van der Waals surface area contributed by atoms with Crippen LogP contribution in [-0.2, 0) is 0 Å². The van der Waals surface area contributed by atoms with Crippen molar-refractivity contribution in [2.24, 2.45) is 10.9 Å². The van der Waals surface area contributed by atoms with Gasteiger partial charge in [0.2, 0.25) is 0 Å². The SMILES string of the molecule is CC(=NN)c1ccc2c(c1)Nc1ccccc1S2. The minimum absolute atomic E-state index is 0.837. The topological polar surface area (TPSA) is 50.4 Å². The molecule has 4 heteroatoms. The number of nitrogens with zero attached hydrogens (tertiary/aromatic N) is 1. The zero-order valence-corrected chi connectivity index (χ0v) is 10.8. The van der Waals surface area contributed by atoms with Crippen molar-refractivity contribution < 1.29 is 0 Å². The van der Waals surface area contributed by atoms with E-state index < -0.39 is 0 Å². The monoisotopic (exact) mass is 255 g/mol. The van der Waals surface area contributed by atoms with Crippen LogP contribution in [0.1, 0.15) is 12.5 Å². The third-order valence-electron chi connectivity index (χ3n) is 2.97. The largest absolute Gasteiger partial charge is 0.354 e. The van der Waals surface area contributed by atoms with Crippen LogP contribution in [0.3, 0.4) is 0 Å². The van der Waals surface area contributed by atoms with Crippen LogP contribution >= 0.6 is 11.8 Å². The molecule has 0 radical (unpaired) electrons. The molecule has 1 heterocycles. The molecule has 0 fully saturated rings. The Labute approximate surface area is 110 Å². The number of anilines is 2. The van der Waals surface area contributed by atoms with Crippen LogP contribution in [0.25, 0.3) is 0 Å². The molecule has 3 nitrogen and oxygen atoms in total. The normalized spacial score (nSPS) is 13.5. The van der Waals surface area contributed by atoms with Crippen LogP contribution < -0.4 is 11.2 Å². The second-order valence-corrected chi connectivity index (χ2v) is 5.23. The summed E-state index contributed by atoms with van der Waals surface area (Å²) in [5, 5.41) is 7.18. The van der Waals surface area contributed by atoms with E-state index in [2.05, 4.69) is 40.8 Å². The molecule has 2 aromatic carbocycles. The first-order valence-corrected chi connectivity index (χ1v) is 6.52. The third-order valence-corrected chi connectivity index (χ3v) is 4.12. The van der Waals surface area contributed by atoms with Crippen molar-refractivity contribution >= 4 is 28.8 Å². The Morgan fingerprint density at radius 1 is 1.11 bits per heavy atom. The summed E-state index contributed by atoms with van der Waals surface area (Å²) in [6.07, 6.45) is 0. The number of hydrogen-bond acceptors (Lipinski definition) is 4. The molecule has 0 aromatic heterocycles. The van der Waals surface area contributed by atoms with E-state index >= 15 is 0 Å². The van der Waals surface area contributed by atoms with Crippen LogP contribution in [0.4, 0.5) is 11.4 Å². The van der Waals surface area contributed by atoms with Gasteiger partial charge in [0.15, 0.2) is 0 Å². The van der Waals surface area contributed by atoms with Gasteiger partial charge >= 0.3 is 0 Å². The fourth-order valence-corrected chi connectivity index (χ4v) is 2.91. The maximum Gasteiger partial charge on any atom is 0.0642 e. The lowest BCUT2D eigenvalue weighted by Gasteiger charge is -2.21. The lowest BCUT2D eigenvalue weighted by Crippen LogP contribution is -2.03. The lowest BCUT2D eigenvalue weighted by molar-refractivity contribution is 1.23. The number of hydrogen-bond donors (Lipinski definition) is 2. The van der Waals surface area contributed by atoms with Gasteiger partial charge in [-0.25, -0.2) is 0 Å². The Kier molecular flexibility index (Phi) is 2.72. The van der Waals surface area contributed by atoms with E-state index in [0.717, 1.165) is 22.6 Å². The van der Waals surface area contributed by atoms with E-state index in [1.165, 1.54) is 9.79 Å². The molecule has 0 bridgehead atoms. The maximum absolute atomic E-state index is 5.32. The van der Waals surface area contributed by atoms with Crippen molar-refractivity contribution in [3.63, 3.8) is 0 Å². The van der Waals surface area contributed by atoms with Crippen molar-refractivity contribution in [2.75, 3.05) is 5.32 Å². The number of nitrogens with two attached hydrogens (primary N) is 1. The van der Waals surface area contributed by atoms with E-state index in [1.807, 2.05) is 19.1 Å². The Morgan fingerprint density at radius 2 is 1.89 bits per heavy atom. The number of rotatable bonds is 1. The zero-order chi connectivity index (χ0) is 12.5. The molecule has 1 aliphatic rings. The molecule has 3 rings (SSSR count). The van der Waals surface area contributed by atoms with Crippen molar-refractivity contribution in [1.82, 2.24) is 0 Å². The van der Waals surface area contributed by atoms with E-state index in [9.17, 15) is 0 Å². The summed E-state index contributed by atoms with van der Waals surface area (Å²) in [4.78, 5) is 2.48. The minimum Gasteiger partial charge on any atom is -0.354 e. The Hall–Kier alpha value is -1.94. The highest BCUT2D eigenvalue weighted by atomic mass is 32.2. The molecule has 0 saturated carbocycles. The summed E-state index contributed by atoms with van der Waals surface area (Å²) in [6, 6.07) is 14.5. The molecule has 2 aromatic rings. The van der Waals surface area contributed by atoms with Gasteiger partial charge in [-0.05, 0) is 36.8 Å². The molecule has 3 N–H and O–H groups in total. The molecule has 0 amide bonds. The first-order valence-electron chi connectivity index (χ1n) is 5.71.